The Hall–Kier alpha value is -2.89. The number of nitrogens with zero attached hydrogens (tertiary/aromatic N) is 2. The number of aliphatic carboxylic acids is 2. The average Bonchev–Trinajstić information content (AvgIpc) is 3.39. The van der Waals surface area contributed by atoms with E-state index in [9.17, 15) is 32.7 Å². The molecule has 1 unspecified atom stereocenters. The fraction of sp³-hybridized carbons (Fsp3) is 0.579. The SMILES string of the molecule is O=C(O)C(F)(F)F.O=C(O)C1=C(/C=C2\CCN(C3CC3)C2=O)C2CCN[C@@H]3C(=O)N1[C@H]23. The number of halogens is 3. The number of carboxylic acids is 2. The van der Waals surface area contributed by atoms with E-state index < -0.39 is 18.1 Å². The molecule has 0 aromatic heterocycles. The molecular formula is C19H20F3N3O6. The Morgan fingerprint density at radius 1 is 1.13 bits per heavy atom. The molecule has 168 valence electrons. The van der Waals surface area contributed by atoms with Gasteiger partial charge in [-0.05, 0) is 43.9 Å². The van der Waals surface area contributed by atoms with E-state index in [1.54, 1.807) is 6.08 Å². The van der Waals surface area contributed by atoms with E-state index >= 15 is 0 Å². The van der Waals surface area contributed by atoms with E-state index in [1.165, 1.54) is 4.90 Å². The maximum atomic E-state index is 12.6. The van der Waals surface area contributed by atoms with Gasteiger partial charge in [-0.2, -0.15) is 13.2 Å². The van der Waals surface area contributed by atoms with E-state index in [0.717, 1.165) is 25.8 Å². The summed E-state index contributed by atoms with van der Waals surface area (Å²) in [6, 6.07) is 0.0150. The van der Waals surface area contributed by atoms with Crippen LogP contribution in [0.25, 0.3) is 0 Å². The van der Waals surface area contributed by atoms with Gasteiger partial charge in [0.1, 0.15) is 11.7 Å². The Bertz CT molecular complexity index is 923. The van der Waals surface area contributed by atoms with Gasteiger partial charge in [0.05, 0.1) is 6.04 Å². The molecule has 3 atom stereocenters. The van der Waals surface area contributed by atoms with Gasteiger partial charge in [-0.15, -0.1) is 0 Å². The molecule has 4 fully saturated rings. The molecule has 3 N–H and O–H groups in total. The largest absolute Gasteiger partial charge is 0.490 e. The van der Waals surface area contributed by atoms with Crippen molar-refractivity contribution in [2.24, 2.45) is 5.92 Å². The first-order valence-electron chi connectivity index (χ1n) is 9.88. The summed E-state index contributed by atoms with van der Waals surface area (Å²) in [7, 11) is 0. The molecule has 0 aromatic carbocycles. The van der Waals surface area contributed by atoms with E-state index in [4.69, 9.17) is 9.90 Å². The van der Waals surface area contributed by atoms with Crippen LogP contribution in [0, 0.1) is 5.92 Å². The smallest absolute Gasteiger partial charge is 0.477 e. The first-order valence-corrected chi connectivity index (χ1v) is 9.88. The predicted molar refractivity (Wildman–Crippen MR) is 96.3 cm³/mol. The number of hydrogen-bond donors (Lipinski definition) is 3. The summed E-state index contributed by atoms with van der Waals surface area (Å²) in [4.78, 5) is 48.8. The molecule has 1 saturated carbocycles. The molecule has 4 heterocycles. The van der Waals surface area contributed by atoms with Crippen molar-refractivity contribution in [2.75, 3.05) is 13.1 Å². The van der Waals surface area contributed by atoms with Crippen molar-refractivity contribution in [3.63, 3.8) is 0 Å². The Labute approximate surface area is 174 Å². The molecule has 1 aliphatic carbocycles. The highest BCUT2D eigenvalue weighted by atomic mass is 19.4. The fourth-order valence-electron chi connectivity index (χ4n) is 4.70. The molecule has 0 radical (unpaired) electrons. The van der Waals surface area contributed by atoms with Gasteiger partial charge in [0.2, 0.25) is 11.8 Å². The van der Waals surface area contributed by atoms with Crippen molar-refractivity contribution in [1.82, 2.24) is 15.1 Å². The number of nitrogens with one attached hydrogen (secondary N) is 1. The second kappa shape index (κ2) is 7.36. The number of carbonyl (C=O) groups is 4. The lowest BCUT2D eigenvalue weighted by Crippen LogP contribution is -2.71. The van der Waals surface area contributed by atoms with E-state index in [0.29, 0.717) is 30.2 Å². The van der Waals surface area contributed by atoms with Crippen molar-refractivity contribution >= 4 is 23.8 Å². The summed E-state index contributed by atoms with van der Waals surface area (Å²) in [5, 5.41) is 19.9. The molecule has 0 spiro atoms. The number of alkyl halides is 3. The van der Waals surface area contributed by atoms with Crippen LogP contribution in [0.15, 0.2) is 22.9 Å². The van der Waals surface area contributed by atoms with Crippen molar-refractivity contribution in [3.8, 4) is 0 Å². The van der Waals surface area contributed by atoms with Crippen LogP contribution in [0.3, 0.4) is 0 Å². The van der Waals surface area contributed by atoms with Crippen LogP contribution < -0.4 is 5.32 Å². The number of hydrogen-bond acceptors (Lipinski definition) is 5. The topological polar surface area (TPSA) is 127 Å². The summed E-state index contributed by atoms with van der Waals surface area (Å²) in [5.41, 5.74) is 1.45. The summed E-state index contributed by atoms with van der Waals surface area (Å²) < 4.78 is 31.7. The fourth-order valence-corrected chi connectivity index (χ4v) is 4.70. The van der Waals surface area contributed by atoms with Crippen LogP contribution in [-0.2, 0) is 19.2 Å². The number of piperidine rings is 1. The predicted octanol–water partition coefficient (Wildman–Crippen LogP) is 0.482. The minimum Gasteiger partial charge on any atom is -0.477 e. The summed E-state index contributed by atoms with van der Waals surface area (Å²) in [6.07, 6.45) is 0.303. The van der Waals surface area contributed by atoms with E-state index in [1.807, 2.05) is 4.90 Å². The first-order chi connectivity index (χ1) is 14.5. The number of amides is 2. The quantitative estimate of drug-likeness (QED) is 0.428. The molecule has 2 amide bonds. The maximum Gasteiger partial charge on any atom is 0.490 e. The van der Waals surface area contributed by atoms with Crippen LogP contribution in [0.5, 0.6) is 0 Å². The van der Waals surface area contributed by atoms with Gasteiger partial charge in [0.25, 0.3) is 0 Å². The van der Waals surface area contributed by atoms with Gasteiger partial charge < -0.3 is 20.4 Å². The number of allylic oxidation sites excluding steroid dienone is 1. The lowest BCUT2D eigenvalue weighted by atomic mass is 9.79. The Morgan fingerprint density at radius 3 is 2.32 bits per heavy atom. The van der Waals surface area contributed by atoms with Gasteiger partial charge >= 0.3 is 18.1 Å². The zero-order valence-corrected chi connectivity index (χ0v) is 16.2. The molecule has 31 heavy (non-hydrogen) atoms. The first kappa shape index (κ1) is 21.3. The van der Waals surface area contributed by atoms with Crippen molar-refractivity contribution in [3.05, 3.63) is 22.9 Å². The molecule has 0 aromatic rings. The van der Waals surface area contributed by atoms with Crippen LogP contribution in [-0.4, -0.2) is 81.2 Å². The van der Waals surface area contributed by atoms with Crippen molar-refractivity contribution < 1.29 is 42.6 Å². The molecular weight excluding hydrogens is 423 g/mol. The maximum absolute atomic E-state index is 12.6. The molecule has 0 bridgehead atoms. The van der Waals surface area contributed by atoms with Crippen molar-refractivity contribution in [1.29, 1.82) is 0 Å². The number of rotatable bonds is 3. The highest BCUT2D eigenvalue weighted by molar-refractivity contribution is 6.03. The van der Waals surface area contributed by atoms with Gasteiger partial charge in [0.15, 0.2) is 0 Å². The summed E-state index contributed by atoms with van der Waals surface area (Å²) in [6.45, 7) is 1.43. The zero-order valence-electron chi connectivity index (χ0n) is 16.2. The minimum absolute atomic E-state index is 0.0234. The number of β-lactam (4-membered cyclic amide) rings is 1. The van der Waals surface area contributed by atoms with Gasteiger partial charge in [-0.25, -0.2) is 9.59 Å². The zero-order chi connectivity index (χ0) is 22.7. The van der Waals surface area contributed by atoms with Crippen LogP contribution >= 0.6 is 0 Å². The summed E-state index contributed by atoms with van der Waals surface area (Å²) in [5.74, 6) is -3.93. The second-order valence-corrected chi connectivity index (χ2v) is 8.09. The average molecular weight is 443 g/mol. The Balaban J connectivity index is 0.000000289. The van der Waals surface area contributed by atoms with Crippen molar-refractivity contribution in [2.45, 2.75) is 50.0 Å². The highest BCUT2D eigenvalue weighted by Gasteiger charge is 2.60. The lowest BCUT2D eigenvalue weighted by Gasteiger charge is -2.48. The standard InChI is InChI=1S/C17H19N3O4.C2HF3O2/c21-15-8(4-6-19(15)9-1-2-9)7-11-10-3-5-18-12-13(10)20(16(12)22)14(11)17(23)24;3-2(4,5)1(6)7/h7,9-10,12-13,18H,1-6H2,(H,23,24);(H,6,7)/b8-7+;/t10?,12-,13+;/m0./s1. The molecule has 3 saturated heterocycles. The van der Waals surface area contributed by atoms with Crippen LogP contribution in [0.2, 0.25) is 0 Å². The van der Waals surface area contributed by atoms with Gasteiger partial charge in [-0.1, -0.05) is 0 Å². The number of likely N-dealkylation sites (tertiary alicyclic amines) is 1. The summed E-state index contributed by atoms with van der Waals surface area (Å²) >= 11 is 0. The van der Waals surface area contributed by atoms with Crippen LogP contribution in [0.1, 0.15) is 25.7 Å². The highest BCUT2D eigenvalue weighted by Crippen LogP contribution is 2.47. The van der Waals surface area contributed by atoms with Gasteiger partial charge in [-0.3, -0.25) is 14.5 Å². The lowest BCUT2D eigenvalue weighted by molar-refractivity contribution is -0.192. The second-order valence-electron chi connectivity index (χ2n) is 8.09. The van der Waals surface area contributed by atoms with Crippen LogP contribution in [0.4, 0.5) is 13.2 Å². The molecule has 12 heteroatoms. The normalized spacial score (nSPS) is 30.8. The molecule has 9 nitrogen and oxygen atoms in total. The minimum atomic E-state index is -5.08. The third kappa shape index (κ3) is 3.58. The molecule has 4 aliphatic heterocycles. The Kier molecular flexibility index (Phi) is 5.07. The number of carboxylic acid groups (broad SMARTS) is 2. The number of carbonyl (C=O) groups excluding carboxylic acids is 2. The third-order valence-corrected chi connectivity index (χ3v) is 6.21. The monoisotopic (exact) mass is 443 g/mol. The third-order valence-electron chi connectivity index (χ3n) is 6.21. The molecule has 5 rings (SSSR count). The molecule has 5 aliphatic rings. The van der Waals surface area contributed by atoms with E-state index in [2.05, 4.69) is 5.32 Å². The van der Waals surface area contributed by atoms with E-state index in [-0.39, 0.29) is 35.5 Å². The van der Waals surface area contributed by atoms with Gasteiger partial charge in [0, 0.05) is 24.1 Å². The Morgan fingerprint density at radius 2 is 1.77 bits per heavy atom.